The van der Waals surface area contributed by atoms with Gasteiger partial charge in [0.15, 0.2) is 0 Å². The highest BCUT2D eigenvalue weighted by Gasteiger charge is 2.50. The first-order chi connectivity index (χ1) is 16.7. The topological polar surface area (TPSA) is 45.1 Å². The van der Waals surface area contributed by atoms with Crippen LogP contribution in [0.3, 0.4) is 0 Å². The molecule has 0 aromatic heterocycles. The third kappa shape index (κ3) is 4.55. The molecule has 2 aromatic rings. The van der Waals surface area contributed by atoms with Gasteiger partial charge in [-0.1, -0.05) is 60.7 Å². The molecule has 1 heterocycles. The molecule has 0 spiro atoms. The summed E-state index contributed by atoms with van der Waals surface area (Å²) in [6.45, 7) is 1.56. The van der Waals surface area contributed by atoms with Crippen LogP contribution in [0.4, 0.5) is 0 Å². The first-order valence-corrected chi connectivity index (χ1v) is 11.9. The molecule has 5 rings (SSSR count). The fourth-order valence-electron chi connectivity index (χ4n) is 5.02. The lowest BCUT2D eigenvalue weighted by molar-refractivity contribution is 0.103. The molecule has 0 amide bonds. The number of aliphatic hydroxyl groups is 1. The third-order valence-electron chi connectivity index (χ3n) is 6.71. The molecule has 1 saturated heterocycles. The van der Waals surface area contributed by atoms with Gasteiger partial charge in [0.05, 0.1) is 18.4 Å². The summed E-state index contributed by atoms with van der Waals surface area (Å²) in [6, 6.07) is 20.0. The number of rotatable bonds is 8. The van der Waals surface area contributed by atoms with Gasteiger partial charge in [-0.3, -0.25) is 5.01 Å². The van der Waals surface area contributed by atoms with Crippen molar-refractivity contribution in [3.8, 4) is 0 Å². The molecule has 2 saturated carbocycles. The Bertz CT molecular complexity index is 899. The number of hydrogen-bond acceptors (Lipinski definition) is 4. The Balaban J connectivity index is 1.56. The average molecular weight is 451 g/mol. The van der Waals surface area contributed by atoms with Gasteiger partial charge >= 0.3 is 0 Å². The fraction of sp³-hybridized carbons (Fsp3) is 0.233. The fourth-order valence-corrected chi connectivity index (χ4v) is 5.02. The van der Waals surface area contributed by atoms with Gasteiger partial charge in [0, 0.05) is 31.4 Å². The van der Waals surface area contributed by atoms with Gasteiger partial charge in [0.1, 0.15) is 5.60 Å². The molecule has 34 heavy (non-hydrogen) atoms. The lowest BCUT2D eigenvalue weighted by atomic mass is 9.69. The number of benzene rings is 2. The van der Waals surface area contributed by atoms with Crippen LogP contribution < -0.4 is 0 Å². The molecular weight excluding hydrogens is 420 g/mol. The highest BCUT2D eigenvalue weighted by molar-refractivity contribution is 6.15. The Hall–Kier alpha value is -2.17. The van der Waals surface area contributed by atoms with Crippen LogP contribution in [-0.4, -0.2) is 42.1 Å². The van der Waals surface area contributed by atoms with Gasteiger partial charge < -0.3 is 9.84 Å². The van der Waals surface area contributed by atoms with E-state index in [1.54, 1.807) is 7.11 Å². The molecule has 1 aliphatic heterocycles. The second-order valence-corrected chi connectivity index (χ2v) is 8.83. The van der Waals surface area contributed by atoms with Crippen LogP contribution in [0, 0.1) is 62.7 Å². The molecule has 1 N–H and O–H groups in total. The van der Waals surface area contributed by atoms with E-state index in [9.17, 15) is 5.11 Å². The maximum absolute atomic E-state index is 12.4. The summed E-state index contributed by atoms with van der Waals surface area (Å²) in [4.78, 5) is 0. The zero-order chi connectivity index (χ0) is 23.4. The van der Waals surface area contributed by atoms with Gasteiger partial charge in [-0.25, -0.2) is 0 Å². The summed E-state index contributed by atoms with van der Waals surface area (Å²) >= 11 is 0. The highest BCUT2D eigenvalue weighted by Crippen LogP contribution is 2.51. The van der Waals surface area contributed by atoms with Crippen molar-refractivity contribution in [1.82, 2.24) is 5.01 Å². The van der Waals surface area contributed by atoms with Gasteiger partial charge in [0.2, 0.25) is 0 Å². The Kier molecular flexibility index (Phi) is 7.36. The number of nitrogens with zero attached hydrogens (tertiary/aromatic N) is 2. The largest absolute Gasteiger partial charge is 0.382 e. The molecule has 10 radical (unpaired) electrons. The van der Waals surface area contributed by atoms with Crippen LogP contribution >= 0.6 is 0 Å². The van der Waals surface area contributed by atoms with E-state index in [-0.39, 0.29) is 6.04 Å². The summed E-state index contributed by atoms with van der Waals surface area (Å²) in [5.41, 5.74) is 1.22. The lowest BCUT2D eigenvalue weighted by Crippen LogP contribution is -2.40. The van der Waals surface area contributed by atoms with Crippen molar-refractivity contribution in [1.29, 1.82) is 0 Å². The van der Waals surface area contributed by atoms with Crippen molar-refractivity contribution in [2.45, 2.75) is 24.5 Å². The minimum absolute atomic E-state index is 0.260. The zero-order valence-corrected chi connectivity index (χ0v) is 19.5. The van der Waals surface area contributed by atoms with Gasteiger partial charge in [-0.15, -0.1) is 0 Å². The molecule has 1 atom stereocenters. The van der Waals surface area contributed by atoms with Crippen molar-refractivity contribution in [2.24, 2.45) is 5.10 Å². The van der Waals surface area contributed by atoms with E-state index in [2.05, 4.69) is 24.3 Å². The number of ether oxygens (including phenoxy) is 1. The van der Waals surface area contributed by atoms with Crippen LogP contribution in [0.15, 0.2) is 65.8 Å². The van der Waals surface area contributed by atoms with Crippen molar-refractivity contribution in [3.63, 3.8) is 0 Å². The molecule has 0 bridgehead atoms. The molecule has 3 fully saturated rings. The van der Waals surface area contributed by atoms with Crippen molar-refractivity contribution >= 4 is 5.71 Å². The predicted octanol–water partition coefficient (Wildman–Crippen LogP) is 4.57. The number of methoxy groups -OCH3 is 1. The van der Waals surface area contributed by atoms with E-state index < -0.39 is 5.60 Å². The van der Waals surface area contributed by atoms with Crippen LogP contribution in [0.1, 0.15) is 24.0 Å². The maximum atomic E-state index is 12.4. The SMILES string of the molecule is COC[C@@H]1CCCN1/N=C(\[C]1[CH][CH][CH][CH]1)[C]1[CH][CH][CH][C]1C(O)(c1ccccc1)c1ccccc1. The molecule has 4 heteroatoms. The maximum Gasteiger partial charge on any atom is 0.122 e. The second-order valence-electron chi connectivity index (χ2n) is 8.83. The van der Waals surface area contributed by atoms with Crippen molar-refractivity contribution in [3.05, 3.63) is 134 Å². The van der Waals surface area contributed by atoms with Crippen LogP contribution in [0.25, 0.3) is 0 Å². The Morgan fingerprint density at radius 2 is 1.59 bits per heavy atom. The Morgan fingerprint density at radius 3 is 2.21 bits per heavy atom. The molecule has 172 valence electrons. The smallest absolute Gasteiger partial charge is 0.122 e. The first-order valence-electron chi connectivity index (χ1n) is 11.9. The predicted molar refractivity (Wildman–Crippen MR) is 135 cm³/mol. The van der Waals surface area contributed by atoms with Crippen molar-refractivity contribution < 1.29 is 9.84 Å². The quantitative estimate of drug-likeness (QED) is 0.600. The summed E-state index contributed by atoms with van der Waals surface area (Å²) < 4.78 is 5.46. The Morgan fingerprint density at radius 1 is 0.941 bits per heavy atom. The van der Waals surface area contributed by atoms with Crippen molar-refractivity contribution in [2.75, 3.05) is 20.3 Å². The third-order valence-corrected chi connectivity index (χ3v) is 6.71. The van der Waals surface area contributed by atoms with Crippen LogP contribution in [0.5, 0.6) is 0 Å². The Labute approximate surface area is 205 Å². The van der Waals surface area contributed by atoms with Gasteiger partial charge in [-0.05, 0) is 68.9 Å². The van der Waals surface area contributed by atoms with E-state index >= 15 is 0 Å². The summed E-state index contributed by atoms with van der Waals surface area (Å²) in [5, 5.41) is 19.8. The lowest BCUT2D eigenvalue weighted by Gasteiger charge is -2.39. The second kappa shape index (κ2) is 10.6. The minimum Gasteiger partial charge on any atom is -0.382 e. The minimum atomic E-state index is -1.31. The van der Waals surface area contributed by atoms with E-state index in [0.29, 0.717) is 6.61 Å². The number of hydrogen-bond donors (Lipinski definition) is 1. The number of hydrazone groups is 1. The summed E-state index contributed by atoms with van der Waals surface area (Å²) in [6.07, 6.45) is 16.5. The molecular formula is C30H30N2O2. The normalized spacial score (nSPS) is 23.3. The summed E-state index contributed by atoms with van der Waals surface area (Å²) in [7, 11) is 1.74. The van der Waals surface area contributed by atoms with Gasteiger partial charge in [-0.2, -0.15) is 5.10 Å². The summed E-state index contributed by atoms with van der Waals surface area (Å²) in [5.74, 6) is 2.80. The monoisotopic (exact) mass is 450 g/mol. The van der Waals surface area contributed by atoms with Gasteiger partial charge in [0.25, 0.3) is 0 Å². The zero-order valence-electron chi connectivity index (χ0n) is 19.5. The van der Waals surface area contributed by atoms with Crippen LogP contribution in [-0.2, 0) is 10.3 Å². The molecule has 4 nitrogen and oxygen atoms in total. The van der Waals surface area contributed by atoms with E-state index in [1.807, 2.05) is 86.3 Å². The van der Waals surface area contributed by atoms with E-state index in [1.165, 1.54) is 0 Å². The standard InChI is InChI=1S/C30H30N2O2/c1-34-22-26-18-11-21-32(26)31-29(23-12-8-9-13-23)27-19-10-20-28(27)30(33,24-14-4-2-5-15-24)25-16-6-3-7-17-25/h2-10,12-17,19-20,26,33H,11,18,21-22H2,1H3/b31-29+/t26-/m0/s1. The van der Waals surface area contributed by atoms with Crippen LogP contribution in [0.2, 0.25) is 0 Å². The van der Waals surface area contributed by atoms with E-state index in [4.69, 9.17) is 9.84 Å². The van der Waals surface area contributed by atoms with E-state index in [0.717, 1.165) is 54.0 Å². The average Bonchev–Trinajstić information content (AvgIpc) is 3.66. The molecule has 0 unspecified atom stereocenters. The molecule has 2 aliphatic carbocycles. The molecule has 3 aliphatic rings. The first kappa shape index (κ1) is 23.6. The molecule has 2 aromatic carbocycles. The highest BCUT2D eigenvalue weighted by atomic mass is 16.5.